The van der Waals surface area contributed by atoms with Crippen LogP contribution in [0.15, 0.2) is 22.7 Å². The summed E-state index contributed by atoms with van der Waals surface area (Å²) in [4.78, 5) is 7.10. The molecule has 0 spiro atoms. The fourth-order valence-electron chi connectivity index (χ4n) is 3.31. The summed E-state index contributed by atoms with van der Waals surface area (Å²) in [6.07, 6.45) is 1.15. The number of alkyl halides is 1. The second-order valence-electron chi connectivity index (χ2n) is 5.76. The van der Waals surface area contributed by atoms with Gasteiger partial charge in [0.25, 0.3) is 0 Å². The van der Waals surface area contributed by atoms with Gasteiger partial charge in [0.05, 0.1) is 16.9 Å². The van der Waals surface area contributed by atoms with Crippen molar-refractivity contribution in [3.63, 3.8) is 0 Å². The van der Waals surface area contributed by atoms with Crippen LogP contribution in [-0.2, 0) is 5.88 Å². The number of hydrogen-bond donors (Lipinski definition) is 0. The molecule has 5 heteroatoms. The van der Waals surface area contributed by atoms with E-state index in [2.05, 4.69) is 51.5 Å². The van der Waals surface area contributed by atoms with Gasteiger partial charge in [-0.15, -0.1) is 11.6 Å². The van der Waals surface area contributed by atoms with Gasteiger partial charge in [-0.2, -0.15) is 0 Å². The van der Waals surface area contributed by atoms with Crippen LogP contribution in [0, 0.1) is 5.92 Å². The molecule has 0 amide bonds. The van der Waals surface area contributed by atoms with Gasteiger partial charge in [0, 0.05) is 17.1 Å². The van der Waals surface area contributed by atoms with Crippen molar-refractivity contribution in [2.75, 3.05) is 20.1 Å². The first-order valence-electron chi connectivity index (χ1n) is 7.01. The van der Waals surface area contributed by atoms with Crippen molar-refractivity contribution in [3.8, 4) is 0 Å². The van der Waals surface area contributed by atoms with E-state index in [1.807, 2.05) is 6.07 Å². The number of piperidine rings is 1. The third kappa shape index (κ3) is 2.49. The van der Waals surface area contributed by atoms with Crippen LogP contribution < -0.4 is 0 Å². The summed E-state index contributed by atoms with van der Waals surface area (Å²) < 4.78 is 3.46. The Morgan fingerprint density at radius 3 is 2.95 bits per heavy atom. The van der Waals surface area contributed by atoms with Crippen molar-refractivity contribution in [3.05, 3.63) is 28.5 Å². The first-order chi connectivity index (χ1) is 9.60. The lowest BCUT2D eigenvalue weighted by Crippen LogP contribution is -2.38. The molecule has 3 rings (SSSR count). The largest absolute Gasteiger partial charge is 0.323 e. The molecule has 1 aliphatic rings. The van der Waals surface area contributed by atoms with Crippen molar-refractivity contribution in [2.45, 2.75) is 25.3 Å². The van der Waals surface area contributed by atoms with Crippen molar-refractivity contribution in [2.24, 2.45) is 5.92 Å². The Morgan fingerprint density at radius 2 is 2.25 bits per heavy atom. The zero-order chi connectivity index (χ0) is 14.3. The van der Waals surface area contributed by atoms with E-state index in [1.54, 1.807) is 0 Å². The van der Waals surface area contributed by atoms with Gasteiger partial charge >= 0.3 is 0 Å². The summed E-state index contributed by atoms with van der Waals surface area (Å²) in [5.41, 5.74) is 2.23. The molecule has 2 aromatic rings. The zero-order valence-electron chi connectivity index (χ0n) is 11.8. The number of fused-ring (bicyclic) bond motifs is 1. The van der Waals surface area contributed by atoms with Gasteiger partial charge in [0.1, 0.15) is 5.82 Å². The van der Waals surface area contributed by atoms with E-state index in [9.17, 15) is 0 Å². The Labute approximate surface area is 133 Å². The van der Waals surface area contributed by atoms with Crippen LogP contribution in [-0.4, -0.2) is 34.6 Å². The maximum atomic E-state index is 6.13. The Kier molecular flexibility index (Phi) is 4.07. The van der Waals surface area contributed by atoms with Crippen molar-refractivity contribution < 1.29 is 0 Å². The molecule has 108 valence electrons. The van der Waals surface area contributed by atoms with E-state index in [4.69, 9.17) is 16.6 Å². The molecule has 0 N–H and O–H groups in total. The van der Waals surface area contributed by atoms with Gasteiger partial charge in [-0.05, 0) is 44.1 Å². The number of hydrogen-bond acceptors (Lipinski definition) is 2. The normalized spacial score (nSPS) is 24.4. The van der Waals surface area contributed by atoms with Gasteiger partial charge in [0.15, 0.2) is 0 Å². The van der Waals surface area contributed by atoms with Gasteiger partial charge in [-0.25, -0.2) is 4.98 Å². The second-order valence-corrected chi connectivity index (χ2v) is 6.94. The lowest BCUT2D eigenvalue weighted by atomic mass is 9.93. The molecule has 20 heavy (non-hydrogen) atoms. The van der Waals surface area contributed by atoms with Crippen LogP contribution in [0.5, 0.6) is 0 Å². The van der Waals surface area contributed by atoms with Crippen molar-refractivity contribution >= 4 is 38.6 Å². The summed E-state index contributed by atoms with van der Waals surface area (Å²) in [7, 11) is 2.19. The predicted octanol–water partition coefficient (Wildman–Crippen LogP) is 4.05. The smallest absolute Gasteiger partial charge is 0.125 e. The zero-order valence-corrected chi connectivity index (χ0v) is 14.2. The predicted molar refractivity (Wildman–Crippen MR) is 87.3 cm³/mol. The van der Waals surface area contributed by atoms with Crippen LogP contribution in [0.2, 0.25) is 0 Å². The molecule has 1 fully saturated rings. The maximum Gasteiger partial charge on any atom is 0.125 e. The molecule has 2 atom stereocenters. The number of benzene rings is 1. The SMILES string of the molecule is CC1CN(C)CCC1n1c(CCl)nc2ccc(Br)cc21. The highest BCUT2D eigenvalue weighted by Crippen LogP contribution is 2.33. The Balaban J connectivity index is 2.11. The number of imidazole rings is 1. The molecule has 2 unspecified atom stereocenters. The third-order valence-corrected chi connectivity index (χ3v) is 4.97. The van der Waals surface area contributed by atoms with Crippen molar-refractivity contribution in [1.29, 1.82) is 0 Å². The van der Waals surface area contributed by atoms with E-state index >= 15 is 0 Å². The highest BCUT2D eigenvalue weighted by Gasteiger charge is 2.28. The molecular weight excluding hydrogens is 338 g/mol. The van der Waals surface area contributed by atoms with Crippen LogP contribution in [0.1, 0.15) is 25.2 Å². The number of halogens is 2. The number of likely N-dealkylation sites (tertiary alicyclic amines) is 1. The van der Waals surface area contributed by atoms with E-state index in [0.717, 1.165) is 35.3 Å². The lowest BCUT2D eigenvalue weighted by Gasteiger charge is -2.36. The number of rotatable bonds is 2. The summed E-state index contributed by atoms with van der Waals surface area (Å²) in [6.45, 7) is 4.58. The highest BCUT2D eigenvalue weighted by molar-refractivity contribution is 9.10. The lowest BCUT2D eigenvalue weighted by molar-refractivity contribution is 0.160. The molecule has 0 aliphatic carbocycles. The van der Waals surface area contributed by atoms with Crippen LogP contribution in [0.3, 0.4) is 0 Å². The minimum Gasteiger partial charge on any atom is -0.323 e. The van der Waals surface area contributed by atoms with Crippen LogP contribution >= 0.6 is 27.5 Å². The number of nitrogens with zero attached hydrogens (tertiary/aromatic N) is 3. The molecule has 2 heterocycles. The third-order valence-electron chi connectivity index (χ3n) is 4.24. The maximum absolute atomic E-state index is 6.13. The van der Waals surface area contributed by atoms with Gasteiger partial charge in [-0.3, -0.25) is 0 Å². The quantitative estimate of drug-likeness (QED) is 0.757. The van der Waals surface area contributed by atoms with Gasteiger partial charge in [-0.1, -0.05) is 22.9 Å². The molecule has 1 aromatic heterocycles. The molecule has 3 nitrogen and oxygen atoms in total. The van der Waals surface area contributed by atoms with Gasteiger partial charge in [0.2, 0.25) is 0 Å². The van der Waals surface area contributed by atoms with E-state index < -0.39 is 0 Å². The molecule has 0 saturated carbocycles. The van der Waals surface area contributed by atoms with Crippen LogP contribution in [0.4, 0.5) is 0 Å². The van der Waals surface area contributed by atoms with E-state index in [0.29, 0.717) is 17.8 Å². The fraction of sp³-hybridized carbons (Fsp3) is 0.533. The summed E-state index contributed by atoms with van der Waals surface area (Å²) >= 11 is 9.70. The minimum absolute atomic E-state index is 0.464. The molecule has 0 bridgehead atoms. The first-order valence-corrected chi connectivity index (χ1v) is 8.33. The van der Waals surface area contributed by atoms with Crippen LogP contribution in [0.25, 0.3) is 11.0 Å². The first kappa shape index (κ1) is 14.4. The molecule has 1 saturated heterocycles. The monoisotopic (exact) mass is 355 g/mol. The number of aromatic nitrogens is 2. The summed E-state index contributed by atoms with van der Waals surface area (Å²) in [6, 6.07) is 6.74. The molecular formula is C15H19BrClN3. The Hall–Kier alpha value is -0.580. The average Bonchev–Trinajstić information content (AvgIpc) is 2.76. The van der Waals surface area contributed by atoms with E-state index in [-0.39, 0.29) is 0 Å². The summed E-state index contributed by atoms with van der Waals surface area (Å²) in [5, 5.41) is 0. The standard InChI is InChI=1S/C15H19BrClN3/c1-10-9-19(2)6-5-13(10)20-14-7-11(16)3-4-12(14)18-15(20)8-17/h3-4,7,10,13H,5-6,8-9H2,1-2H3. The molecule has 0 radical (unpaired) electrons. The fourth-order valence-corrected chi connectivity index (χ4v) is 3.84. The van der Waals surface area contributed by atoms with Crippen molar-refractivity contribution in [1.82, 2.24) is 14.5 Å². The minimum atomic E-state index is 0.464. The Bertz CT molecular complexity index is 625. The average molecular weight is 357 g/mol. The topological polar surface area (TPSA) is 21.1 Å². The van der Waals surface area contributed by atoms with E-state index in [1.165, 1.54) is 5.52 Å². The van der Waals surface area contributed by atoms with Gasteiger partial charge < -0.3 is 9.47 Å². The summed E-state index contributed by atoms with van der Waals surface area (Å²) in [5.74, 6) is 2.05. The second kappa shape index (κ2) is 5.66. The Morgan fingerprint density at radius 1 is 1.45 bits per heavy atom. The molecule has 1 aromatic carbocycles. The molecule has 1 aliphatic heterocycles. The highest BCUT2D eigenvalue weighted by atomic mass is 79.9.